The van der Waals surface area contributed by atoms with Gasteiger partial charge >= 0.3 is 0 Å². The van der Waals surface area contributed by atoms with Crippen LogP contribution in [0.4, 0.5) is 0 Å². The zero-order valence-electron chi connectivity index (χ0n) is 12.4. The minimum absolute atomic E-state index is 0.603. The van der Waals surface area contributed by atoms with Crippen molar-refractivity contribution in [3.63, 3.8) is 0 Å². The third-order valence-corrected chi connectivity index (χ3v) is 4.46. The summed E-state index contributed by atoms with van der Waals surface area (Å²) in [5.74, 6) is 0. The maximum absolute atomic E-state index is 6.07. The van der Waals surface area contributed by atoms with Crippen molar-refractivity contribution >= 4 is 10.9 Å². The molecule has 2 aromatic rings. The highest BCUT2D eigenvalue weighted by molar-refractivity contribution is 5.84. The summed E-state index contributed by atoms with van der Waals surface area (Å²) in [4.78, 5) is 7.36. The Bertz CT molecular complexity index is 634. The molecule has 0 saturated heterocycles. The molecule has 1 aliphatic rings. The quantitative estimate of drug-likeness (QED) is 0.931. The summed E-state index contributed by atoms with van der Waals surface area (Å²) in [6.45, 7) is 8.21. The van der Waals surface area contributed by atoms with Gasteiger partial charge in [0.15, 0.2) is 0 Å². The van der Waals surface area contributed by atoms with Crippen molar-refractivity contribution < 1.29 is 0 Å². The van der Waals surface area contributed by atoms with Crippen LogP contribution in [0.1, 0.15) is 36.2 Å². The molecule has 0 unspecified atom stereocenters. The Balaban J connectivity index is 2.21. The van der Waals surface area contributed by atoms with Crippen LogP contribution in [0.3, 0.4) is 0 Å². The van der Waals surface area contributed by atoms with Crippen LogP contribution in [0.2, 0.25) is 0 Å². The van der Waals surface area contributed by atoms with Crippen LogP contribution in [0.5, 0.6) is 0 Å². The number of fused-ring (bicyclic) bond motifs is 2. The molecular formula is C17H23N3. The van der Waals surface area contributed by atoms with Crippen LogP contribution in [-0.2, 0) is 25.9 Å². The molecule has 0 fully saturated rings. The zero-order chi connectivity index (χ0) is 14.1. The van der Waals surface area contributed by atoms with E-state index in [1.54, 1.807) is 0 Å². The Kier molecular flexibility index (Phi) is 3.72. The lowest BCUT2D eigenvalue weighted by molar-refractivity contribution is 0.265. The van der Waals surface area contributed by atoms with E-state index in [9.17, 15) is 0 Å². The molecule has 2 heterocycles. The van der Waals surface area contributed by atoms with Crippen molar-refractivity contribution in [3.8, 4) is 0 Å². The maximum Gasteiger partial charge on any atom is 0.0709 e. The summed E-state index contributed by atoms with van der Waals surface area (Å²) in [6.07, 6.45) is 2.10. The number of aryl methyl sites for hydroxylation is 1. The lowest BCUT2D eigenvalue weighted by atomic mass is 9.94. The summed E-state index contributed by atoms with van der Waals surface area (Å²) < 4.78 is 0. The van der Waals surface area contributed by atoms with Crippen LogP contribution < -0.4 is 5.73 Å². The number of pyridine rings is 1. The number of rotatable bonds is 3. The second-order valence-corrected chi connectivity index (χ2v) is 5.54. The Hall–Kier alpha value is -1.45. The number of hydrogen-bond acceptors (Lipinski definition) is 3. The fraction of sp³-hybridized carbons (Fsp3) is 0.471. The first kappa shape index (κ1) is 13.5. The van der Waals surface area contributed by atoms with Gasteiger partial charge in [-0.3, -0.25) is 9.88 Å². The Morgan fingerprint density at radius 1 is 1.30 bits per heavy atom. The van der Waals surface area contributed by atoms with Crippen molar-refractivity contribution in [1.82, 2.24) is 9.88 Å². The van der Waals surface area contributed by atoms with Gasteiger partial charge in [0.25, 0.3) is 0 Å². The highest BCUT2D eigenvalue weighted by Gasteiger charge is 2.21. The van der Waals surface area contributed by atoms with E-state index < -0.39 is 0 Å². The van der Waals surface area contributed by atoms with Crippen molar-refractivity contribution in [2.75, 3.05) is 13.1 Å². The van der Waals surface area contributed by atoms with E-state index in [-0.39, 0.29) is 0 Å². The average molecular weight is 269 g/mol. The molecule has 106 valence electrons. The monoisotopic (exact) mass is 269 g/mol. The molecular weight excluding hydrogens is 246 g/mol. The van der Waals surface area contributed by atoms with Gasteiger partial charge in [-0.05, 0) is 41.8 Å². The van der Waals surface area contributed by atoms with Gasteiger partial charge in [-0.25, -0.2) is 0 Å². The Labute approximate surface area is 120 Å². The van der Waals surface area contributed by atoms with Crippen LogP contribution in [0.25, 0.3) is 10.9 Å². The molecule has 3 heteroatoms. The number of aromatic nitrogens is 1. The fourth-order valence-corrected chi connectivity index (χ4v) is 3.16. The fourth-order valence-electron chi connectivity index (χ4n) is 3.16. The highest BCUT2D eigenvalue weighted by atomic mass is 15.1. The molecule has 0 saturated carbocycles. The third kappa shape index (κ3) is 2.21. The first-order valence-electron chi connectivity index (χ1n) is 7.62. The summed E-state index contributed by atoms with van der Waals surface area (Å²) in [6, 6.07) is 6.61. The topological polar surface area (TPSA) is 42.1 Å². The largest absolute Gasteiger partial charge is 0.326 e. The number of hydrogen-bond donors (Lipinski definition) is 1. The summed E-state index contributed by atoms with van der Waals surface area (Å²) in [5, 5.41) is 1.25. The molecule has 20 heavy (non-hydrogen) atoms. The summed E-state index contributed by atoms with van der Waals surface area (Å²) in [7, 11) is 0. The smallest absolute Gasteiger partial charge is 0.0709 e. The summed E-state index contributed by atoms with van der Waals surface area (Å²) in [5.41, 5.74) is 12.5. The normalized spacial score (nSPS) is 15.6. The van der Waals surface area contributed by atoms with Crippen molar-refractivity contribution in [2.24, 2.45) is 5.73 Å². The molecule has 0 aliphatic carbocycles. The standard InChI is InChI=1S/C17H23N3/c1-3-12-5-6-16-13(9-12)14(10-18)15-11-20(4-2)8-7-17(15)19-16/h5-6,9H,3-4,7-8,10-11,18H2,1-2H3. The van der Waals surface area contributed by atoms with Crippen LogP contribution in [0, 0.1) is 0 Å². The van der Waals surface area contributed by atoms with E-state index in [2.05, 4.69) is 36.9 Å². The van der Waals surface area contributed by atoms with Gasteiger partial charge in [0.05, 0.1) is 5.52 Å². The minimum atomic E-state index is 0.603. The lowest BCUT2D eigenvalue weighted by Gasteiger charge is -2.29. The van der Waals surface area contributed by atoms with E-state index in [1.807, 2.05) is 0 Å². The van der Waals surface area contributed by atoms with Crippen molar-refractivity contribution in [2.45, 2.75) is 39.8 Å². The van der Waals surface area contributed by atoms with Crippen molar-refractivity contribution in [1.29, 1.82) is 0 Å². The molecule has 0 atom stereocenters. The van der Waals surface area contributed by atoms with Gasteiger partial charge in [-0.1, -0.05) is 19.9 Å². The van der Waals surface area contributed by atoms with E-state index in [4.69, 9.17) is 10.7 Å². The third-order valence-electron chi connectivity index (χ3n) is 4.46. The van der Waals surface area contributed by atoms with Gasteiger partial charge in [-0.2, -0.15) is 0 Å². The molecule has 3 rings (SSSR count). The first-order chi connectivity index (χ1) is 9.76. The second kappa shape index (κ2) is 5.51. The molecule has 1 aromatic carbocycles. The average Bonchev–Trinajstić information content (AvgIpc) is 2.51. The highest BCUT2D eigenvalue weighted by Crippen LogP contribution is 2.28. The number of nitrogens with two attached hydrogens (primary N) is 1. The Morgan fingerprint density at radius 2 is 2.15 bits per heavy atom. The van der Waals surface area contributed by atoms with Crippen molar-refractivity contribution in [3.05, 3.63) is 40.6 Å². The van der Waals surface area contributed by atoms with E-state index >= 15 is 0 Å². The molecule has 0 amide bonds. The number of likely N-dealkylation sites (N-methyl/N-ethyl adjacent to an activating group) is 1. The van der Waals surface area contributed by atoms with E-state index in [1.165, 1.54) is 27.8 Å². The lowest BCUT2D eigenvalue weighted by Crippen LogP contribution is -2.32. The zero-order valence-corrected chi connectivity index (χ0v) is 12.4. The van der Waals surface area contributed by atoms with Gasteiger partial charge in [0, 0.05) is 37.1 Å². The molecule has 0 radical (unpaired) electrons. The molecule has 0 spiro atoms. The van der Waals surface area contributed by atoms with Crippen LogP contribution in [0.15, 0.2) is 18.2 Å². The van der Waals surface area contributed by atoms with E-state index in [0.717, 1.165) is 38.0 Å². The van der Waals surface area contributed by atoms with Gasteiger partial charge in [0.1, 0.15) is 0 Å². The molecule has 2 N–H and O–H groups in total. The molecule has 1 aromatic heterocycles. The van der Waals surface area contributed by atoms with Gasteiger partial charge < -0.3 is 5.73 Å². The first-order valence-corrected chi connectivity index (χ1v) is 7.62. The van der Waals surface area contributed by atoms with Gasteiger partial charge in [-0.15, -0.1) is 0 Å². The summed E-state index contributed by atoms with van der Waals surface area (Å²) >= 11 is 0. The number of nitrogens with zero attached hydrogens (tertiary/aromatic N) is 2. The molecule has 1 aliphatic heterocycles. The van der Waals surface area contributed by atoms with Crippen LogP contribution >= 0.6 is 0 Å². The Morgan fingerprint density at radius 3 is 2.85 bits per heavy atom. The van der Waals surface area contributed by atoms with E-state index in [0.29, 0.717) is 6.54 Å². The molecule has 3 nitrogen and oxygen atoms in total. The molecule has 0 bridgehead atoms. The SMILES string of the molecule is CCc1ccc2nc3c(c(CN)c2c1)CN(CC)CC3. The number of benzene rings is 1. The van der Waals surface area contributed by atoms with Gasteiger partial charge in [0.2, 0.25) is 0 Å². The minimum Gasteiger partial charge on any atom is -0.326 e. The predicted octanol–water partition coefficient (Wildman–Crippen LogP) is 2.63. The second-order valence-electron chi connectivity index (χ2n) is 5.54. The maximum atomic E-state index is 6.07. The predicted molar refractivity (Wildman–Crippen MR) is 83.7 cm³/mol. The van der Waals surface area contributed by atoms with Crippen LogP contribution in [-0.4, -0.2) is 23.0 Å².